The molecule has 6 rings (SSSR count). The molecule has 6 aromatic rings. The Morgan fingerprint density at radius 1 is 0.667 bits per heavy atom. The molecule has 0 aliphatic rings. The number of fused-ring (bicyclic) bond motifs is 5. The Balaban J connectivity index is 1.63. The van der Waals surface area contributed by atoms with Gasteiger partial charge in [0.05, 0.1) is 5.56 Å². The maximum atomic E-state index is 6.50. The first-order valence-corrected chi connectivity index (χ1v) is 11.4. The standard InChI is InChI=1S/C31H26NO/c1-19-16-29-30(25-13-9-8-12-23(19)25)26-15-14-24(21(3)31(26)33-29)28-17-27(20(2)18-32(28)4)22-10-6-5-7-11-22/h5-18H,1-4H3/q+1. The van der Waals surface area contributed by atoms with Gasteiger partial charge < -0.3 is 4.42 Å². The number of pyridine rings is 1. The fourth-order valence-corrected chi connectivity index (χ4v) is 5.27. The molecule has 0 saturated carbocycles. The average molecular weight is 429 g/mol. The van der Waals surface area contributed by atoms with E-state index in [9.17, 15) is 0 Å². The van der Waals surface area contributed by atoms with Crippen LogP contribution in [-0.4, -0.2) is 0 Å². The molecule has 4 aromatic carbocycles. The SMILES string of the molecule is Cc1c[n+](C)c(-c2ccc3c(oc4cc(C)c5ccccc5c43)c2C)cc1-c1ccccc1. The van der Waals surface area contributed by atoms with Crippen LogP contribution in [0.2, 0.25) is 0 Å². The van der Waals surface area contributed by atoms with Gasteiger partial charge in [0.15, 0.2) is 6.20 Å². The van der Waals surface area contributed by atoms with Crippen LogP contribution in [0.4, 0.5) is 0 Å². The Hall–Kier alpha value is -3.91. The lowest BCUT2D eigenvalue weighted by Crippen LogP contribution is -2.31. The van der Waals surface area contributed by atoms with Crippen LogP contribution in [0.1, 0.15) is 16.7 Å². The van der Waals surface area contributed by atoms with Crippen LogP contribution >= 0.6 is 0 Å². The van der Waals surface area contributed by atoms with E-state index in [2.05, 4.69) is 117 Å². The molecular weight excluding hydrogens is 402 g/mol. The van der Waals surface area contributed by atoms with Crippen molar-refractivity contribution in [2.45, 2.75) is 20.8 Å². The predicted octanol–water partition coefficient (Wildman–Crippen LogP) is 7.82. The second-order valence-corrected chi connectivity index (χ2v) is 9.06. The van der Waals surface area contributed by atoms with Crippen LogP contribution in [-0.2, 0) is 7.05 Å². The highest BCUT2D eigenvalue weighted by Gasteiger charge is 2.21. The second kappa shape index (κ2) is 7.31. The van der Waals surface area contributed by atoms with Crippen LogP contribution in [0.5, 0.6) is 0 Å². The van der Waals surface area contributed by atoms with Gasteiger partial charge in [0.1, 0.15) is 18.2 Å². The molecular formula is C31H26NO+. The minimum atomic E-state index is 0.958. The summed E-state index contributed by atoms with van der Waals surface area (Å²) in [5.41, 5.74) is 10.5. The minimum Gasteiger partial charge on any atom is -0.456 e. The van der Waals surface area contributed by atoms with E-state index in [-0.39, 0.29) is 0 Å². The predicted molar refractivity (Wildman–Crippen MR) is 137 cm³/mol. The summed E-state index contributed by atoms with van der Waals surface area (Å²) in [6.45, 7) is 6.51. The van der Waals surface area contributed by atoms with Crippen molar-refractivity contribution in [1.29, 1.82) is 0 Å². The lowest BCUT2D eigenvalue weighted by molar-refractivity contribution is -0.660. The number of hydrogen-bond acceptors (Lipinski definition) is 1. The molecule has 160 valence electrons. The summed E-state index contributed by atoms with van der Waals surface area (Å²) < 4.78 is 8.72. The Kier molecular flexibility index (Phi) is 4.38. The molecule has 0 amide bonds. The first-order valence-electron chi connectivity index (χ1n) is 11.4. The quantitative estimate of drug-likeness (QED) is 0.257. The number of furan rings is 1. The van der Waals surface area contributed by atoms with Crippen molar-refractivity contribution in [1.82, 2.24) is 0 Å². The molecule has 2 heteroatoms. The molecule has 0 unspecified atom stereocenters. The number of aryl methyl sites for hydroxylation is 4. The number of aromatic nitrogens is 1. The molecule has 2 aromatic heterocycles. The molecule has 0 saturated heterocycles. The molecule has 0 atom stereocenters. The topological polar surface area (TPSA) is 17.0 Å². The van der Waals surface area contributed by atoms with E-state index in [1.54, 1.807) is 0 Å². The van der Waals surface area contributed by atoms with Crippen LogP contribution in [0.25, 0.3) is 55.1 Å². The Bertz CT molecular complexity index is 1690. The maximum absolute atomic E-state index is 6.50. The van der Waals surface area contributed by atoms with Crippen LogP contribution in [0.15, 0.2) is 89.5 Å². The van der Waals surface area contributed by atoms with E-state index in [0.29, 0.717) is 0 Å². The second-order valence-electron chi connectivity index (χ2n) is 9.06. The Labute approximate surface area is 193 Å². The smallest absolute Gasteiger partial charge is 0.213 e. The van der Waals surface area contributed by atoms with E-state index in [0.717, 1.165) is 11.2 Å². The molecule has 33 heavy (non-hydrogen) atoms. The van der Waals surface area contributed by atoms with Gasteiger partial charge in [0.25, 0.3) is 0 Å². The van der Waals surface area contributed by atoms with Gasteiger partial charge in [0.2, 0.25) is 5.69 Å². The lowest BCUT2D eigenvalue weighted by atomic mass is 9.95. The first-order chi connectivity index (χ1) is 16.0. The molecule has 0 N–H and O–H groups in total. The highest BCUT2D eigenvalue weighted by atomic mass is 16.3. The normalized spacial score (nSPS) is 11.6. The minimum absolute atomic E-state index is 0.958. The van der Waals surface area contributed by atoms with Gasteiger partial charge in [-0.3, -0.25) is 0 Å². The fourth-order valence-electron chi connectivity index (χ4n) is 5.27. The summed E-state index contributed by atoms with van der Waals surface area (Å²) in [6, 6.07) is 28.2. The highest BCUT2D eigenvalue weighted by molar-refractivity contribution is 6.20. The summed E-state index contributed by atoms with van der Waals surface area (Å²) in [4.78, 5) is 0. The van der Waals surface area contributed by atoms with E-state index >= 15 is 0 Å². The van der Waals surface area contributed by atoms with Crippen molar-refractivity contribution >= 4 is 32.7 Å². The van der Waals surface area contributed by atoms with Crippen molar-refractivity contribution in [3.05, 3.63) is 102 Å². The summed E-state index contributed by atoms with van der Waals surface area (Å²) >= 11 is 0. The van der Waals surface area contributed by atoms with Crippen molar-refractivity contribution in [2.24, 2.45) is 7.05 Å². The fraction of sp³-hybridized carbons (Fsp3) is 0.129. The van der Waals surface area contributed by atoms with E-state index < -0.39 is 0 Å². The number of rotatable bonds is 2. The van der Waals surface area contributed by atoms with Crippen LogP contribution in [0, 0.1) is 20.8 Å². The number of nitrogens with zero attached hydrogens (tertiary/aromatic N) is 1. The number of benzene rings is 4. The molecule has 2 heterocycles. The zero-order valence-electron chi connectivity index (χ0n) is 19.4. The van der Waals surface area contributed by atoms with Crippen molar-refractivity contribution < 1.29 is 8.98 Å². The van der Waals surface area contributed by atoms with Crippen LogP contribution < -0.4 is 4.57 Å². The van der Waals surface area contributed by atoms with Crippen molar-refractivity contribution in [3.8, 4) is 22.4 Å². The van der Waals surface area contributed by atoms with Gasteiger partial charge in [-0.05, 0) is 66.4 Å². The first kappa shape index (κ1) is 19.8. The summed E-state index contributed by atoms with van der Waals surface area (Å²) in [5.74, 6) is 0. The van der Waals surface area contributed by atoms with E-state index in [1.165, 1.54) is 60.6 Å². The van der Waals surface area contributed by atoms with Gasteiger partial charge in [-0.2, -0.15) is 0 Å². The zero-order valence-corrected chi connectivity index (χ0v) is 19.4. The highest BCUT2D eigenvalue weighted by Crippen LogP contribution is 2.40. The third kappa shape index (κ3) is 2.98. The third-order valence-corrected chi connectivity index (χ3v) is 6.94. The van der Waals surface area contributed by atoms with Gasteiger partial charge in [-0.1, -0.05) is 54.6 Å². The van der Waals surface area contributed by atoms with E-state index in [4.69, 9.17) is 4.42 Å². The molecule has 0 aliphatic heterocycles. The molecule has 0 spiro atoms. The lowest BCUT2D eigenvalue weighted by Gasteiger charge is -2.10. The average Bonchev–Trinajstić information content (AvgIpc) is 3.20. The van der Waals surface area contributed by atoms with E-state index in [1.807, 2.05) is 0 Å². The van der Waals surface area contributed by atoms with Gasteiger partial charge in [-0.15, -0.1) is 0 Å². The summed E-state index contributed by atoms with van der Waals surface area (Å²) in [5, 5.41) is 4.93. The van der Waals surface area contributed by atoms with Crippen LogP contribution in [0.3, 0.4) is 0 Å². The monoisotopic (exact) mass is 428 g/mol. The number of hydrogen-bond donors (Lipinski definition) is 0. The summed E-state index contributed by atoms with van der Waals surface area (Å²) in [6.07, 6.45) is 2.22. The Morgan fingerprint density at radius 3 is 2.18 bits per heavy atom. The molecule has 2 nitrogen and oxygen atoms in total. The van der Waals surface area contributed by atoms with Gasteiger partial charge in [0, 0.05) is 28.0 Å². The van der Waals surface area contributed by atoms with Crippen molar-refractivity contribution in [3.63, 3.8) is 0 Å². The molecule has 0 fully saturated rings. The Morgan fingerprint density at radius 2 is 1.39 bits per heavy atom. The molecule has 0 bridgehead atoms. The zero-order chi connectivity index (χ0) is 22.7. The van der Waals surface area contributed by atoms with Gasteiger partial charge >= 0.3 is 0 Å². The summed E-state index contributed by atoms with van der Waals surface area (Å²) in [7, 11) is 2.12. The van der Waals surface area contributed by atoms with Gasteiger partial charge in [-0.25, -0.2) is 4.57 Å². The van der Waals surface area contributed by atoms with Crippen molar-refractivity contribution in [2.75, 3.05) is 0 Å². The largest absolute Gasteiger partial charge is 0.456 e. The third-order valence-electron chi connectivity index (χ3n) is 6.94. The molecule has 0 aliphatic carbocycles. The maximum Gasteiger partial charge on any atom is 0.213 e. The molecule has 0 radical (unpaired) electrons.